The highest BCUT2D eigenvalue weighted by atomic mass is 16.6. The molecule has 6 nitrogen and oxygen atoms in total. The van der Waals surface area contributed by atoms with Crippen molar-refractivity contribution >= 4 is 22.6 Å². The number of rotatable bonds is 3. The first kappa shape index (κ1) is 14.6. The zero-order chi connectivity index (χ0) is 16.6. The molecule has 0 aliphatic carbocycles. The summed E-state index contributed by atoms with van der Waals surface area (Å²) in [4.78, 5) is 26.4. The van der Waals surface area contributed by atoms with E-state index < -0.39 is 10.9 Å². The molecule has 0 spiro atoms. The number of aryl methyl sites for hydroxylation is 1. The van der Waals surface area contributed by atoms with Crippen LogP contribution in [0, 0.1) is 17.0 Å². The lowest BCUT2D eigenvalue weighted by atomic mass is 10.0. The summed E-state index contributed by atoms with van der Waals surface area (Å²) >= 11 is 0. The van der Waals surface area contributed by atoms with Gasteiger partial charge < -0.3 is 5.11 Å². The summed E-state index contributed by atoms with van der Waals surface area (Å²) in [6, 6.07) is 12.8. The third-order valence-electron chi connectivity index (χ3n) is 3.55. The van der Waals surface area contributed by atoms with Crippen molar-refractivity contribution in [2.75, 3.05) is 0 Å². The largest absolute Gasteiger partial charge is 0.478 e. The third kappa shape index (κ3) is 2.74. The van der Waals surface area contributed by atoms with Crippen LogP contribution in [0.15, 0.2) is 48.5 Å². The molecule has 1 heterocycles. The fraction of sp³-hybridized carbons (Fsp3) is 0.0588. The maximum absolute atomic E-state index is 11.5. The minimum Gasteiger partial charge on any atom is -0.478 e. The van der Waals surface area contributed by atoms with Crippen LogP contribution in [0.4, 0.5) is 5.69 Å². The second-order valence-electron chi connectivity index (χ2n) is 5.19. The van der Waals surface area contributed by atoms with Gasteiger partial charge in [0.2, 0.25) is 0 Å². The summed E-state index contributed by atoms with van der Waals surface area (Å²) in [6.45, 7) is 1.89. The smallest absolute Gasteiger partial charge is 0.336 e. The first-order chi connectivity index (χ1) is 11.0. The lowest BCUT2D eigenvalue weighted by molar-refractivity contribution is -0.384. The van der Waals surface area contributed by atoms with E-state index in [4.69, 9.17) is 0 Å². The van der Waals surface area contributed by atoms with Gasteiger partial charge in [0.15, 0.2) is 0 Å². The Bertz CT molecular complexity index is 950. The van der Waals surface area contributed by atoms with Crippen molar-refractivity contribution in [2.45, 2.75) is 6.92 Å². The number of carbonyl (C=O) groups is 1. The van der Waals surface area contributed by atoms with Gasteiger partial charge in [-0.05, 0) is 24.6 Å². The van der Waals surface area contributed by atoms with Crippen molar-refractivity contribution in [3.05, 3.63) is 69.8 Å². The molecule has 0 atom stereocenters. The first-order valence-electron chi connectivity index (χ1n) is 6.85. The number of carboxylic acids is 1. The van der Waals surface area contributed by atoms with E-state index in [0.29, 0.717) is 22.2 Å². The number of aromatic carboxylic acids is 1. The summed E-state index contributed by atoms with van der Waals surface area (Å²) in [5.41, 5.74) is 2.46. The van der Waals surface area contributed by atoms with E-state index in [1.165, 1.54) is 18.2 Å². The van der Waals surface area contributed by atoms with Gasteiger partial charge >= 0.3 is 5.97 Å². The Balaban J connectivity index is 2.27. The van der Waals surface area contributed by atoms with Gasteiger partial charge in [0.1, 0.15) is 0 Å². The number of aromatic nitrogens is 1. The number of non-ortho nitro benzene ring substituents is 1. The number of pyridine rings is 1. The molecule has 0 fully saturated rings. The molecule has 0 unspecified atom stereocenters. The van der Waals surface area contributed by atoms with Crippen LogP contribution in [-0.4, -0.2) is 21.0 Å². The van der Waals surface area contributed by atoms with Crippen LogP contribution in [0.1, 0.15) is 15.9 Å². The second kappa shape index (κ2) is 5.49. The third-order valence-corrected chi connectivity index (χ3v) is 3.55. The maximum atomic E-state index is 11.5. The first-order valence-corrected chi connectivity index (χ1v) is 6.85. The predicted molar refractivity (Wildman–Crippen MR) is 85.5 cm³/mol. The Hall–Kier alpha value is -3.28. The topological polar surface area (TPSA) is 93.3 Å². The van der Waals surface area contributed by atoms with E-state index in [-0.39, 0.29) is 11.3 Å². The quantitative estimate of drug-likeness (QED) is 0.586. The molecule has 0 saturated carbocycles. The van der Waals surface area contributed by atoms with Crippen LogP contribution in [0.2, 0.25) is 0 Å². The molecule has 1 N–H and O–H groups in total. The molecule has 0 bridgehead atoms. The van der Waals surface area contributed by atoms with Gasteiger partial charge in [-0.1, -0.05) is 24.3 Å². The van der Waals surface area contributed by atoms with Crippen molar-refractivity contribution in [1.82, 2.24) is 4.98 Å². The van der Waals surface area contributed by atoms with Crippen molar-refractivity contribution < 1.29 is 14.8 Å². The lowest BCUT2D eigenvalue weighted by Gasteiger charge is -2.08. The number of benzene rings is 2. The Morgan fingerprint density at radius 2 is 1.96 bits per heavy atom. The van der Waals surface area contributed by atoms with E-state index in [1.807, 2.05) is 13.0 Å². The number of fused-ring (bicyclic) bond motifs is 1. The maximum Gasteiger partial charge on any atom is 0.336 e. The van der Waals surface area contributed by atoms with Gasteiger partial charge in [-0.15, -0.1) is 0 Å². The van der Waals surface area contributed by atoms with E-state index in [0.717, 1.165) is 5.56 Å². The molecule has 1 aromatic heterocycles. The monoisotopic (exact) mass is 308 g/mol. The predicted octanol–water partition coefficient (Wildman–Crippen LogP) is 3.82. The van der Waals surface area contributed by atoms with Crippen molar-refractivity contribution in [3.63, 3.8) is 0 Å². The van der Waals surface area contributed by atoms with Crippen molar-refractivity contribution in [3.8, 4) is 11.3 Å². The molecule has 2 aromatic carbocycles. The molecular weight excluding hydrogens is 296 g/mol. The Morgan fingerprint density at radius 3 is 2.65 bits per heavy atom. The van der Waals surface area contributed by atoms with Gasteiger partial charge in [-0.3, -0.25) is 10.1 Å². The minimum absolute atomic E-state index is 0.0643. The summed E-state index contributed by atoms with van der Waals surface area (Å²) in [5, 5.41) is 20.9. The molecule has 6 heteroatoms. The summed E-state index contributed by atoms with van der Waals surface area (Å²) in [7, 11) is 0. The summed E-state index contributed by atoms with van der Waals surface area (Å²) in [5.74, 6) is -1.06. The van der Waals surface area contributed by atoms with Crippen LogP contribution in [-0.2, 0) is 0 Å². The lowest BCUT2D eigenvalue weighted by Crippen LogP contribution is -2.00. The summed E-state index contributed by atoms with van der Waals surface area (Å²) in [6.07, 6.45) is 0. The SMILES string of the molecule is Cc1ccc2c(C(=O)O)cc(-c3cccc([N+](=O)[O-])c3)nc2c1. The Morgan fingerprint density at radius 1 is 1.17 bits per heavy atom. The molecular formula is C17H12N2O4. The molecule has 0 amide bonds. The number of hydrogen-bond donors (Lipinski definition) is 1. The number of carboxylic acid groups (broad SMARTS) is 1. The Kier molecular flexibility index (Phi) is 3.50. The highest BCUT2D eigenvalue weighted by Crippen LogP contribution is 2.27. The van der Waals surface area contributed by atoms with E-state index in [9.17, 15) is 20.0 Å². The van der Waals surface area contributed by atoms with E-state index >= 15 is 0 Å². The zero-order valence-electron chi connectivity index (χ0n) is 12.2. The van der Waals surface area contributed by atoms with E-state index in [2.05, 4.69) is 4.98 Å². The highest BCUT2D eigenvalue weighted by Gasteiger charge is 2.14. The van der Waals surface area contributed by atoms with Crippen LogP contribution in [0.25, 0.3) is 22.2 Å². The van der Waals surface area contributed by atoms with Crippen LogP contribution >= 0.6 is 0 Å². The highest BCUT2D eigenvalue weighted by molar-refractivity contribution is 6.03. The fourth-order valence-corrected chi connectivity index (χ4v) is 2.44. The Labute approximate surface area is 131 Å². The van der Waals surface area contributed by atoms with Crippen LogP contribution in [0.5, 0.6) is 0 Å². The second-order valence-corrected chi connectivity index (χ2v) is 5.19. The van der Waals surface area contributed by atoms with Crippen LogP contribution in [0.3, 0.4) is 0 Å². The number of nitrogens with zero attached hydrogens (tertiary/aromatic N) is 2. The molecule has 0 saturated heterocycles. The molecule has 0 radical (unpaired) electrons. The molecule has 114 valence electrons. The molecule has 0 aliphatic rings. The normalized spacial score (nSPS) is 10.7. The van der Waals surface area contributed by atoms with Gasteiger partial charge in [0.25, 0.3) is 5.69 Å². The fourth-order valence-electron chi connectivity index (χ4n) is 2.44. The number of nitro groups is 1. The average Bonchev–Trinajstić information content (AvgIpc) is 2.53. The minimum atomic E-state index is -1.06. The number of hydrogen-bond acceptors (Lipinski definition) is 4. The van der Waals surface area contributed by atoms with Gasteiger partial charge in [-0.2, -0.15) is 0 Å². The molecule has 3 rings (SSSR count). The van der Waals surface area contributed by atoms with Crippen molar-refractivity contribution in [2.24, 2.45) is 0 Å². The standard InChI is InChI=1S/C17H12N2O4/c1-10-5-6-13-14(17(20)21)9-15(18-16(13)7-10)11-3-2-4-12(8-11)19(22)23/h2-9H,1H3,(H,20,21). The molecule has 3 aromatic rings. The van der Waals surface area contributed by atoms with Gasteiger partial charge in [0.05, 0.1) is 21.7 Å². The number of nitro benzene ring substituents is 1. The van der Waals surface area contributed by atoms with Gasteiger partial charge in [0, 0.05) is 23.1 Å². The average molecular weight is 308 g/mol. The summed E-state index contributed by atoms with van der Waals surface area (Å²) < 4.78 is 0. The van der Waals surface area contributed by atoms with Crippen molar-refractivity contribution in [1.29, 1.82) is 0 Å². The zero-order valence-corrected chi connectivity index (χ0v) is 12.2. The van der Waals surface area contributed by atoms with Crippen LogP contribution < -0.4 is 0 Å². The van der Waals surface area contributed by atoms with E-state index in [1.54, 1.807) is 24.3 Å². The van der Waals surface area contributed by atoms with Gasteiger partial charge in [-0.25, -0.2) is 9.78 Å². The molecule has 0 aliphatic heterocycles. The molecule has 23 heavy (non-hydrogen) atoms.